The first-order valence-electron chi connectivity index (χ1n) is 8.94. The summed E-state index contributed by atoms with van der Waals surface area (Å²) in [6, 6.07) is 14.8. The number of hydrogen-bond acceptors (Lipinski definition) is 3. The molecule has 0 unspecified atom stereocenters. The van der Waals surface area contributed by atoms with Gasteiger partial charge >= 0.3 is 0 Å². The predicted octanol–water partition coefficient (Wildman–Crippen LogP) is 2.72. The van der Waals surface area contributed by atoms with E-state index in [2.05, 4.69) is 46.9 Å². The molecule has 2 aromatic rings. The second kappa shape index (κ2) is 6.75. The minimum atomic E-state index is -0.256. The molecule has 0 saturated carbocycles. The summed E-state index contributed by atoms with van der Waals surface area (Å²) in [7, 11) is 0. The highest BCUT2D eigenvalue weighted by atomic mass is 16.2. The molecule has 2 amide bonds. The van der Waals surface area contributed by atoms with Gasteiger partial charge in [-0.1, -0.05) is 36.4 Å². The number of amides is 2. The molecule has 0 aromatic heterocycles. The maximum absolute atomic E-state index is 12.0. The van der Waals surface area contributed by atoms with Crippen LogP contribution in [0, 0.1) is 0 Å². The number of hydrazone groups is 1. The van der Waals surface area contributed by atoms with Crippen molar-refractivity contribution in [3.05, 3.63) is 59.2 Å². The molecule has 1 fully saturated rings. The summed E-state index contributed by atoms with van der Waals surface area (Å²) in [5, 5.41) is 4.22. The van der Waals surface area contributed by atoms with Crippen molar-refractivity contribution in [2.45, 2.75) is 26.2 Å². The average Bonchev–Trinajstić information content (AvgIpc) is 3.22. The number of carbonyl (C=O) groups excluding carboxylic acids is 2. The lowest BCUT2D eigenvalue weighted by atomic mass is 10.0. The number of fused-ring (bicyclic) bond motifs is 3. The quantitative estimate of drug-likeness (QED) is 0.583. The van der Waals surface area contributed by atoms with Crippen molar-refractivity contribution < 1.29 is 9.59 Å². The third-order valence-corrected chi connectivity index (χ3v) is 5.07. The zero-order valence-electron chi connectivity index (χ0n) is 14.8. The number of benzene rings is 2. The Labute approximate surface area is 152 Å². The summed E-state index contributed by atoms with van der Waals surface area (Å²) < 4.78 is 0. The van der Waals surface area contributed by atoms with Gasteiger partial charge in [-0.15, -0.1) is 0 Å². The first-order valence-corrected chi connectivity index (χ1v) is 8.94. The number of likely N-dealkylation sites (tertiary alicyclic amines) is 1. The number of rotatable bonds is 4. The summed E-state index contributed by atoms with van der Waals surface area (Å²) in [6.07, 6.45) is 2.29. The number of nitrogens with zero attached hydrogens (tertiary/aromatic N) is 2. The first-order chi connectivity index (χ1) is 12.6. The third-order valence-electron chi connectivity index (χ3n) is 5.07. The van der Waals surface area contributed by atoms with Crippen LogP contribution in [0.4, 0.5) is 0 Å². The summed E-state index contributed by atoms with van der Waals surface area (Å²) in [4.78, 5) is 25.2. The second-order valence-electron chi connectivity index (χ2n) is 6.86. The molecule has 0 atom stereocenters. The molecule has 2 aliphatic rings. The van der Waals surface area contributed by atoms with Crippen molar-refractivity contribution >= 4 is 17.5 Å². The fourth-order valence-electron chi connectivity index (χ4n) is 3.66. The van der Waals surface area contributed by atoms with E-state index >= 15 is 0 Å². The van der Waals surface area contributed by atoms with Gasteiger partial charge in [0, 0.05) is 13.0 Å². The second-order valence-corrected chi connectivity index (χ2v) is 6.86. The van der Waals surface area contributed by atoms with Gasteiger partial charge in [-0.05, 0) is 53.6 Å². The van der Waals surface area contributed by atoms with E-state index in [4.69, 9.17) is 0 Å². The number of hydrogen-bond donors (Lipinski definition) is 1. The smallest absolute Gasteiger partial charge is 0.259 e. The lowest BCUT2D eigenvalue weighted by Crippen LogP contribution is -2.36. The monoisotopic (exact) mass is 347 g/mol. The summed E-state index contributed by atoms with van der Waals surface area (Å²) in [6.45, 7) is 2.61. The van der Waals surface area contributed by atoms with Crippen LogP contribution in [0.2, 0.25) is 0 Å². The molecule has 1 N–H and O–H groups in total. The SMILES string of the molecule is CC(=NNC(=O)CN1CCCC1=O)c1ccc2c(c1)Cc1ccccc1-2. The van der Waals surface area contributed by atoms with E-state index in [1.165, 1.54) is 22.3 Å². The van der Waals surface area contributed by atoms with Gasteiger partial charge in [-0.25, -0.2) is 5.43 Å². The van der Waals surface area contributed by atoms with Crippen molar-refractivity contribution in [1.29, 1.82) is 0 Å². The number of nitrogens with one attached hydrogen (secondary N) is 1. The predicted molar refractivity (Wildman–Crippen MR) is 101 cm³/mol. The highest BCUT2D eigenvalue weighted by molar-refractivity contribution is 6.00. The molecule has 132 valence electrons. The summed E-state index contributed by atoms with van der Waals surface area (Å²) in [5.74, 6) is -0.216. The third kappa shape index (κ3) is 3.12. The molecule has 26 heavy (non-hydrogen) atoms. The minimum absolute atomic E-state index is 0.0408. The van der Waals surface area contributed by atoms with Crippen LogP contribution in [0.15, 0.2) is 47.6 Å². The maximum Gasteiger partial charge on any atom is 0.259 e. The van der Waals surface area contributed by atoms with E-state index < -0.39 is 0 Å². The fourth-order valence-corrected chi connectivity index (χ4v) is 3.66. The molecular formula is C21H21N3O2. The van der Waals surface area contributed by atoms with Gasteiger partial charge in [0.05, 0.1) is 5.71 Å². The molecule has 1 heterocycles. The minimum Gasteiger partial charge on any atom is -0.333 e. The Hall–Kier alpha value is -2.95. The van der Waals surface area contributed by atoms with Gasteiger partial charge in [0.1, 0.15) is 6.54 Å². The Morgan fingerprint density at radius 1 is 1.15 bits per heavy atom. The van der Waals surface area contributed by atoms with E-state index in [9.17, 15) is 9.59 Å². The van der Waals surface area contributed by atoms with E-state index in [1.807, 2.05) is 13.0 Å². The van der Waals surface area contributed by atoms with Crippen LogP contribution in [0.25, 0.3) is 11.1 Å². The van der Waals surface area contributed by atoms with Gasteiger partial charge < -0.3 is 4.90 Å². The van der Waals surface area contributed by atoms with E-state index in [-0.39, 0.29) is 18.4 Å². The Balaban J connectivity index is 1.44. The molecule has 2 aromatic carbocycles. The molecule has 0 spiro atoms. The van der Waals surface area contributed by atoms with Crippen LogP contribution in [0.1, 0.15) is 36.5 Å². The Kier molecular flexibility index (Phi) is 4.29. The number of carbonyl (C=O) groups is 2. The highest BCUT2D eigenvalue weighted by Crippen LogP contribution is 2.36. The van der Waals surface area contributed by atoms with E-state index in [0.717, 1.165) is 24.1 Å². The topological polar surface area (TPSA) is 61.8 Å². The van der Waals surface area contributed by atoms with Crippen LogP contribution in [0.5, 0.6) is 0 Å². The molecule has 5 nitrogen and oxygen atoms in total. The van der Waals surface area contributed by atoms with Crippen LogP contribution >= 0.6 is 0 Å². The molecule has 1 saturated heterocycles. The molecule has 0 radical (unpaired) electrons. The zero-order valence-corrected chi connectivity index (χ0v) is 14.8. The lowest BCUT2D eigenvalue weighted by Gasteiger charge is -2.13. The van der Waals surface area contributed by atoms with Crippen molar-refractivity contribution in [1.82, 2.24) is 10.3 Å². The molecule has 1 aliphatic heterocycles. The Bertz CT molecular complexity index is 917. The standard InChI is InChI=1S/C21H21N3O2/c1-14(22-23-20(25)13-24-10-4-7-21(24)26)15-8-9-19-17(11-15)12-16-5-2-3-6-18(16)19/h2-3,5-6,8-9,11H,4,7,10,12-13H2,1H3,(H,23,25). The fraction of sp³-hybridized carbons (Fsp3) is 0.286. The van der Waals surface area contributed by atoms with Crippen LogP contribution in [-0.4, -0.2) is 35.5 Å². The summed E-state index contributed by atoms with van der Waals surface area (Å²) in [5.41, 5.74) is 9.52. The van der Waals surface area contributed by atoms with Crippen LogP contribution in [0.3, 0.4) is 0 Å². The van der Waals surface area contributed by atoms with Gasteiger partial charge in [0.25, 0.3) is 5.91 Å². The Morgan fingerprint density at radius 2 is 1.96 bits per heavy atom. The molecule has 0 bridgehead atoms. The van der Waals surface area contributed by atoms with Crippen molar-refractivity contribution in [2.75, 3.05) is 13.1 Å². The summed E-state index contributed by atoms with van der Waals surface area (Å²) >= 11 is 0. The Morgan fingerprint density at radius 3 is 2.77 bits per heavy atom. The molecule has 5 heteroatoms. The average molecular weight is 347 g/mol. The molecule has 4 rings (SSSR count). The van der Waals surface area contributed by atoms with Crippen molar-refractivity contribution in [3.8, 4) is 11.1 Å². The van der Waals surface area contributed by atoms with Gasteiger partial charge in [-0.3, -0.25) is 9.59 Å². The van der Waals surface area contributed by atoms with Crippen molar-refractivity contribution in [2.24, 2.45) is 5.10 Å². The van der Waals surface area contributed by atoms with Crippen LogP contribution < -0.4 is 5.43 Å². The largest absolute Gasteiger partial charge is 0.333 e. The molecule has 1 aliphatic carbocycles. The van der Waals surface area contributed by atoms with E-state index in [1.54, 1.807) is 4.90 Å². The van der Waals surface area contributed by atoms with Gasteiger partial charge in [0.15, 0.2) is 0 Å². The highest BCUT2D eigenvalue weighted by Gasteiger charge is 2.22. The maximum atomic E-state index is 12.0. The normalized spacial score (nSPS) is 15.8. The van der Waals surface area contributed by atoms with Crippen molar-refractivity contribution in [3.63, 3.8) is 0 Å². The zero-order chi connectivity index (χ0) is 18.1. The molecular weight excluding hydrogens is 326 g/mol. The van der Waals surface area contributed by atoms with Gasteiger partial charge in [-0.2, -0.15) is 5.10 Å². The lowest BCUT2D eigenvalue weighted by molar-refractivity contribution is -0.133. The first kappa shape index (κ1) is 16.5. The van der Waals surface area contributed by atoms with Crippen LogP contribution in [-0.2, 0) is 16.0 Å². The van der Waals surface area contributed by atoms with Gasteiger partial charge in [0.2, 0.25) is 5.91 Å². The van der Waals surface area contributed by atoms with E-state index in [0.29, 0.717) is 13.0 Å².